The minimum atomic E-state index is -0.205. The van der Waals surface area contributed by atoms with Crippen molar-refractivity contribution in [3.63, 3.8) is 0 Å². The number of ether oxygens (including phenoxy) is 1. The Bertz CT molecular complexity index is 919. The molecule has 0 radical (unpaired) electrons. The summed E-state index contributed by atoms with van der Waals surface area (Å²) < 4.78 is 5.69. The molecule has 0 aliphatic rings. The van der Waals surface area contributed by atoms with E-state index in [2.05, 4.69) is 31.3 Å². The van der Waals surface area contributed by atoms with Gasteiger partial charge in [0.2, 0.25) is 0 Å². The molecule has 0 aliphatic heterocycles. The molecule has 0 aliphatic carbocycles. The van der Waals surface area contributed by atoms with Gasteiger partial charge < -0.3 is 10.1 Å². The molecule has 1 unspecified atom stereocenters. The van der Waals surface area contributed by atoms with E-state index in [4.69, 9.17) is 4.74 Å². The van der Waals surface area contributed by atoms with Crippen LogP contribution in [0.15, 0.2) is 72.8 Å². The molecule has 0 fully saturated rings. The Morgan fingerprint density at radius 1 is 0.852 bits per heavy atom. The third-order valence-electron chi connectivity index (χ3n) is 4.79. The molecule has 0 saturated heterocycles. The molecule has 27 heavy (non-hydrogen) atoms. The zero-order valence-electron chi connectivity index (χ0n) is 16.0. The third kappa shape index (κ3) is 4.76. The van der Waals surface area contributed by atoms with E-state index in [1.165, 1.54) is 5.56 Å². The molecule has 3 nitrogen and oxygen atoms in total. The van der Waals surface area contributed by atoms with Crippen LogP contribution < -0.4 is 10.1 Å². The highest BCUT2D eigenvalue weighted by Gasteiger charge is 2.18. The number of benzene rings is 3. The molecule has 1 amide bonds. The van der Waals surface area contributed by atoms with Crippen molar-refractivity contribution in [2.45, 2.75) is 26.8 Å². The number of nitrogens with one attached hydrogen (secondary N) is 1. The Balaban J connectivity index is 1.75. The van der Waals surface area contributed by atoms with Crippen LogP contribution >= 0.6 is 0 Å². The summed E-state index contributed by atoms with van der Waals surface area (Å²) in [5.41, 5.74) is 5.63. The van der Waals surface area contributed by atoms with E-state index in [1.54, 1.807) is 0 Å². The standard InChI is InChI=1S/C24H25NO2/c1-17-13-14-21(15-19(17)3)27-16-23(26)25-24(20-10-5-4-6-11-20)22-12-8-7-9-18(22)2/h4-15,24H,16H2,1-3H3,(H,25,26). The molecule has 0 saturated carbocycles. The van der Waals surface area contributed by atoms with E-state index in [0.717, 1.165) is 22.3 Å². The molecule has 0 spiro atoms. The number of aryl methyl sites for hydroxylation is 3. The van der Waals surface area contributed by atoms with E-state index in [0.29, 0.717) is 5.75 Å². The first kappa shape index (κ1) is 18.7. The fraction of sp³-hybridized carbons (Fsp3) is 0.208. The van der Waals surface area contributed by atoms with E-state index in [9.17, 15) is 4.79 Å². The highest BCUT2D eigenvalue weighted by Crippen LogP contribution is 2.25. The molecule has 0 bridgehead atoms. The van der Waals surface area contributed by atoms with Crippen LogP contribution in [0, 0.1) is 20.8 Å². The normalized spacial score (nSPS) is 11.7. The molecule has 138 valence electrons. The predicted octanol–water partition coefficient (Wildman–Crippen LogP) is 4.90. The van der Waals surface area contributed by atoms with Gasteiger partial charge in [-0.15, -0.1) is 0 Å². The topological polar surface area (TPSA) is 38.3 Å². The maximum atomic E-state index is 12.6. The molecule has 3 aromatic rings. The largest absolute Gasteiger partial charge is 0.484 e. The van der Waals surface area contributed by atoms with Crippen LogP contribution in [0.1, 0.15) is 33.9 Å². The summed E-state index contributed by atoms with van der Waals surface area (Å²) in [6, 6.07) is 23.8. The van der Waals surface area contributed by atoms with Crippen molar-refractivity contribution in [2.75, 3.05) is 6.61 Å². The summed E-state index contributed by atoms with van der Waals surface area (Å²) >= 11 is 0. The zero-order valence-corrected chi connectivity index (χ0v) is 16.0. The Morgan fingerprint density at radius 2 is 1.56 bits per heavy atom. The second-order valence-corrected chi connectivity index (χ2v) is 6.80. The average molecular weight is 359 g/mol. The van der Waals surface area contributed by atoms with Gasteiger partial charge in [0.25, 0.3) is 5.91 Å². The van der Waals surface area contributed by atoms with Crippen molar-refractivity contribution in [1.29, 1.82) is 0 Å². The maximum absolute atomic E-state index is 12.6. The summed E-state index contributed by atoms with van der Waals surface area (Å²) in [4.78, 5) is 12.6. The molecule has 0 aromatic heterocycles. The quantitative estimate of drug-likeness (QED) is 0.680. The van der Waals surface area contributed by atoms with Crippen LogP contribution in [-0.2, 0) is 4.79 Å². The van der Waals surface area contributed by atoms with Gasteiger partial charge in [-0.05, 0) is 60.7 Å². The van der Waals surface area contributed by atoms with Crippen LogP contribution in [0.5, 0.6) is 5.75 Å². The highest BCUT2D eigenvalue weighted by molar-refractivity contribution is 5.78. The van der Waals surface area contributed by atoms with Crippen LogP contribution in [0.3, 0.4) is 0 Å². The molecule has 1 N–H and O–H groups in total. The summed E-state index contributed by atoms with van der Waals surface area (Å²) in [7, 11) is 0. The van der Waals surface area contributed by atoms with Crippen LogP contribution in [0.4, 0.5) is 0 Å². The Kier molecular flexibility index (Phi) is 5.92. The van der Waals surface area contributed by atoms with E-state index in [1.807, 2.05) is 67.6 Å². The van der Waals surface area contributed by atoms with Gasteiger partial charge >= 0.3 is 0 Å². The number of amides is 1. The molecular weight excluding hydrogens is 334 g/mol. The van der Waals surface area contributed by atoms with Crippen LogP contribution in [0.25, 0.3) is 0 Å². The van der Waals surface area contributed by atoms with Crippen molar-refractivity contribution in [1.82, 2.24) is 5.32 Å². The van der Waals surface area contributed by atoms with Gasteiger partial charge in [0, 0.05) is 0 Å². The Morgan fingerprint density at radius 3 is 2.26 bits per heavy atom. The van der Waals surface area contributed by atoms with E-state index < -0.39 is 0 Å². The number of hydrogen-bond acceptors (Lipinski definition) is 2. The molecule has 1 atom stereocenters. The lowest BCUT2D eigenvalue weighted by atomic mass is 9.95. The number of hydrogen-bond donors (Lipinski definition) is 1. The third-order valence-corrected chi connectivity index (χ3v) is 4.79. The lowest BCUT2D eigenvalue weighted by Crippen LogP contribution is -2.33. The molecule has 0 heterocycles. The van der Waals surface area contributed by atoms with Crippen molar-refractivity contribution < 1.29 is 9.53 Å². The lowest BCUT2D eigenvalue weighted by Gasteiger charge is -2.22. The van der Waals surface area contributed by atoms with Gasteiger partial charge in [0.15, 0.2) is 6.61 Å². The smallest absolute Gasteiger partial charge is 0.258 e. The van der Waals surface area contributed by atoms with Gasteiger partial charge in [0.05, 0.1) is 6.04 Å². The second-order valence-electron chi connectivity index (χ2n) is 6.80. The van der Waals surface area contributed by atoms with Gasteiger partial charge in [-0.3, -0.25) is 4.79 Å². The Hall–Kier alpha value is -3.07. The minimum absolute atomic E-state index is 0.0162. The van der Waals surface area contributed by atoms with Crippen LogP contribution in [0.2, 0.25) is 0 Å². The molecule has 3 rings (SSSR count). The van der Waals surface area contributed by atoms with Crippen molar-refractivity contribution in [3.8, 4) is 5.75 Å². The second kappa shape index (κ2) is 8.54. The van der Waals surface area contributed by atoms with Crippen molar-refractivity contribution in [3.05, 3.63) is 101 Å². The summed E-state index contributed by atoms with van der Waals surface area (Å²) in [6.45, 7) is 6.13. The predicted molar refractivity (Wildman–Crippen MR) is 109 cm³/mol. The summed E-state index contributed by atoms with van der Waals surface area (Å²) in [5, 5.41) is 3.12. The summed E-state index contributed by atoms with van der Waals surface area (Å²) in [5.74, 6) is 0.561. The number of carbonyl (C=O) groups is 1. The maximum Gasteiger partial charge on any atom is 0.258 e. The number of rotatable bonds is 6. The molecule has 3 aromatic carbocycles. The number of carbonyl (C=O) groups excluding carboxylic acids is 1. The van der Waals surface area contributed by atoms with Gasteiger partial charge in [-0.2, -0.15) is 0 Å². The molecular formula is C24H25NO2. The minimum Gasteiger partial charge on any atom is -0.484 e. The van der Waals surface area contributed by atoms with Gasteiger partial charge in [0.1, 0.15) is 5.75 Å². The van der Waals surface area contributed by atoms with Gasteiger partial charge in [-0.25, -0.2) is 0 Å². The van der Waals surface area contributed by atoms with E-state index in [-0.39, 0.29) is 18.6 Å². The fourth-order valence-electron chi connectivity index (χ4n) is 3.05. The SMILES string of the molecule is Cc1ccc(OCC(=O)NC(c2ccccc2)c2ccccc2C)cc1C. The first-order chi connectivity index (χ1) is 13.0. The monoisotopic (exact) mass is 359 g/mol. The first-order valence-corrected chi connectivity index (χ1v) is 9.14. The van der Waals surface area contributed by atoms with Crippen LogP contribution in [-0.4, -0.2) is 12.5 Å². The van der Waals surface area contributed by atoms with Gasteiger partial charge in [-0.1, -0.05) is 60.7 Å². The lowest BCUT2D eigenvalue weighted by molar-refractivity contribution is -0.123. The first-order valence-electron chi connectivity index (χ1n) is 9.14. The highest BCUT2D eigenvalue weighted by atomic mass is 16.5. The zero-order chi connectivity index (χ0) is 19.2. The van der Waals surface area contributed by atoms with Crippen molar-refractivity contribution in [2.24, 2.45) is 0 Å². The summed E-state index contributed by atoms with van der Waals surface area (Å²) in [6.07, 6.45) is 0. The Labute approximate surface area is 161 Å². The van der Waals surface area contributed by atoms with E-state index >= 15 is 0 Å². The molecule has 3 heteroatoms. The van der Waals surface area contributed by atoms with Crippen molar-refractivity contribution >= 4 is 5.91 Å². The fourth-order valence-corrected chi connectivity index (χ4v) is 3.05. The average Bonchev–Trinajstić information content (AvgIpc) is 2.68.